The van der Waals surface area contributed by atoms with Gasteiger partial charge in [0.25, 0.3) is 5.69 Å². The fraction of sp³-hybridized carbons (Fsp3) is 0.207. The van der Waals surface area contributed by atoms with E-state index in [0.29, 0.717) is 23.6 Å². The average Bonchev–Trinajstić information content (AvgIpc) is 3.26. The van der Waals surface area contributed by atoms with Crippen LogP contribution in [0.4, 0.5) is 11.4 Å². The third-order valence-corrected chi connectivity index (χ3v) is 6.16. The number of allylic oxidation sites excluding steroid dienone is 1. The second kappa shape index (κ2) is 10.1. The number of fused-ring (bicyclic) bond motifs is 1. The molecule has 0 bridgehead atoms. The van der Waals surface area contributed by atoms with Crippen molar-refractivity contribution < 1.29 is 18.9 Å². The highest BCUT2D eigenvalue weighted by molar-refractivity contribution is 6.06. The average molecular weight is 485 g/mol. The summed E-state index contributed by atoms with van der Waals surface area (Å²) in [7, 11) is 0. The maximum Gasteiger partial charge on any atom is 0.271 e. The van der Waals surface area contributed by atoms with Gasteiger partial charge in [-0.15, -0.1) is 0 Å². The number of carbonyl (C=O) groups is 1. The summed E-state index contributed by atoms with van der Waals surface area (Å²) in [5.41, 5.74) is 7.28. The lowest BCUT2D eigenvalue weighted by molar-refractivity contribution is -0.384. The van der Waals surface area contributed by atoms with E-state index >= 15 is 0 Å². The van der Waals surface area contributed by atoms with Crippen molar-refractivity contribution in [3.8, 4) is 16.9 Å². The highest BCUT2D eigenvalue weighted by atomic mass is 16.6. The first kappa shape index (κ1) is 24.7. The lowest BCUT2D eigenvalue weighted by Gasteiger charge is -2.15. The molecular formula is C29H28N2O5. The summed E-state index contributed by atoms with van der Waals surface area (Å²) in [6.07, 6.45) is 3.23. The van der Waals surface area contributed by atoms with Crippen LogP contribution in [-0.2, 0) is 4.79 Å². The van der Waals surface area contributed by atoms with Crippen LogP contribution in [0.15, 0.2) is 65.3 Å². The number of hydrogen-bond donors (Lipinski definition) is 1. The van der Waals surface area contributed by atoms with Gasteiger partial charge in [-0.1, -0.05) is 35.9 Å². The molecule has 0 aliphatic heterocycles. The Morgan fingerprint density at radius 3 is 2.50 bits per heavy atom. The predicted octanol–water partition coefficient (Wildman–Crippen LogP) is 7.37. The van der Waals surface area contributed by atoms with Crippen LogP contribution >= 0.6 is 0 Å². The Morgan fingerprint density at radius 1 is 1.11 bits per heavy atom. The van der Waals surface area contributed by atoms with Crippen molar-refractivity contribution in [2.45, 2.75) is 34.6 Å². The second-order valence-corrected chi connectivity index (χ2v) is 8.78. The van der Waals surface area contributed by atoms with Gasteiger partial charge >= 0.3 is 0 Å². The summed E-state index contributed by atoms with van der Waals surface area (Å²) < 4.78 is 11.9. The minimum Gasteiger partial charge on any atom is -0.493 e. The zero-order valence-corrected chi connectivity index (χ0v) is 21.0. The van der Waals surface area contributed by atoms with Gasteiger partial charge in [0.1, 0.15) is 11.3 Å². The molecule has 4 aromatic rings. The van der Waals surface area contributed by atoms with Crippen molar-refractivity contribution >= 4 is 33.8 Å². The monoisotopic (exact) mass is 484 g/mol. The minimum absolute atomic E-state index is 0.0834. The lowest BCUT2D eigenvalue weighted by Crippen LogP contribution is -2.10. The summed E-state index contributed by atoms with van der Waals surface area (Å²) in [6.45, 7) is 9.98. The fourth-order valence-electron chi connectivity index (χ4n) is 4.20. The molecule has 7 nitrogen and oxygen atoms in total. The number of nitro benzene ring substituents is 1. The molecule has 0 aliphatic carbocycles. The number of nitrogens with zero attached hydrogens (tertiary/aromatic N) is 1. The number of nitro groups is 1. The number of hydrogen-bond acceptors (Lipinski definition) is 5. The number of benzene rings is 3. The molecule has 0 aliphatic rings. The molecule has 184 valence electrons. The van der Waals surface area contributed by atoms with E-state index in [4.69, 9.17) is 9.15 Å². The van der Waals surface area contributed by atoms with Crippen LogP contribution in [0.25, 0.3) is 27.7 Å². The number of nitrogens with one attached hydrogen (secondary N) is 1. The summed E-state index contributed by atoms with van der Waals surface area (Å²) in [6, 6.07) is 14.6. The first-order chi connectivity index (χ1) is 17.2. The van der Waals surface area contributed by atoms with Crippen molar-refractivity contribution in [1.29, 1.82) is 0 Å². The molecule has 1 amide bonds. The van der Waals surface area contributed by atoms with Gasteiger partial charge in [0, 0.05) is 40.3 Å². The molecule has 36 heavy (non-hydrogen) atoms. The number of aryl methyl sites for hydroxylation is 3. The molecule has 0 spiro atoms. The van der Waals surface area contributed by atoms with Crippen LogP contribution in [0, 0.1) is 30.9 Å². The van der Waals surface area contributed by atoms with Crippen molar-refractivity contribution in [3.05, 3.63) is 93.2 Å². The van der Waals surface area contributed by atoms with Crippen LogP contribution in [0.1, 0.15) is 36.1 Å². The number of anilines is 1. The molecule has 0 saturated carbocycles. The number of furan rings is 1. The normalized spacial score (nSPS) is 11.5. The molecule has 0 saturated heterocycles. The zero-order valence-electron chi connectivity index (χ0n) is 21.0. The summed E-state index contributed by atoms with van der Waals surface area (Å²) in [5, 5.41) is 14.8. The van der Waals surface area contributed by atoms with E-state index in [-0.39, 0.29) is 11.6 Å². The third-order valence-electron chi connectivity index (χ3n) is 6.16. The summed E-state index contributed by atoms with van der Waals surface area (Å²) in [4.78, 5) is 23.5. The predicted molar refractivity (Wildman–Crippen MR) is 142 cm³/mol. The largest absolute Gasteiger partial charge is 0.493 e. The maximum absolute atomic E-state index is 12.9. The van der Waals surface area contributed by atoms with Crippen LogP contribution < -0.4 is 10.1 Å². The molecule has 0 fully saturated rings. The zero-order chi connectivity index (χ0) is 26.0. The number of amides is 1. The molecule has 0 unspecified atom stereocenters. The fourth-order valence-corrected chi connectivity index (χ4v) is 4.20. The van der Waals surface area contributed by atoms with Gasteiger partial charge in [0.2, 0.25) is 5.91 Å². The molecule has 0 radical (unpaired) electrons. The summed E-state index contributed by atoms with van der Waals surface area (Å²) >= 11 is 0. The van der Waals surface area contributed by atoms with E-state index in [2.05, 4.69) is 29.6 Å². The Hall–Kier alpha value is -4.39. The molecule has 1 heterocycles. The van der Waals surface area contributed by atoms with Crippen molar-refractivity contribution in [3.63, 3.8) is 0 Å². The Balaban J connectivity index is 1.76. The number of ether oxygens (including phenoxy) is 1. The molecule has 3 aromatic carbocycles. The maximum atomic E-state index is 12.9. The van der Waals surface area contributed by atoms with Crippen LogP contribution in [-0.4, -0.2) is 17.4 Å². The van der Waals surface area contributed by atoms with Gasteiger partial charge in [0.05, 0.1) is 23.5 Å². The Kier molecular flexibility index (Phi) is 6.92. The van der Waals surface area contributed by atoms with Crippen LogP contribution in [0.3, 0.4) is 0 Å². The topological polar surface area (TPSA) is 94.6 Å². The van der Waals surface area contributed by atoms with E-state index in [1.165, 1.54) is 23.8 Å². The Morgan fingerprint density at radius 2 is 1.83 bits per heavy atom. The van der Waals surface area contributed by atoms with Crippen molar-refractivity contribution in [2.24, 2.45) is 0 Å². The van der Waals surface area contributed by atoms with Crippen LogP contribution in [0.2, 0.25) is 0 Å². The molecule has 1 aromatic heterocycles. The molecule has 7 heteroatoms. The van der Waals surface area contributed by atoms with Gasteiger partial charge < -0.3 is 14.5 Å². The highest BCUT2D eigenvalue weighted by Gasteiger charge is 2.19. The first-order valence-corrected chi connectivity index (χ1v) is 11.7. The molecule has 1 N–H and O–H groups in total. The Bertz CT molecular complexity index is 1500. The SMILES string of the molecule is CCOc1c(/C(C)=C/C(=O)Nc2cc([N+](=O)[O-])ccc2C)cc2c(-c3ccc(C)cc3)coc2c1C. The van der Waals surface area contributed by atoms with E-state index < -0.39 is 4.92 Å². The minimum atomic E-state index is -0.487. The van der Waals surface area contributed by atoms with Gasteiger partial charge in [-0.05, 0) is 57.4 Å². The highest BCUT2D eigenvalue weighted by Crippen LogP contribution is 2.40. The van der Waals surface area contributed by atoms with E-state index in [1.54, 1.807) is 19.3 Å². The van der Waals surface area contributed by atoms with Gasteiger partial charge in [-0.25, -0.2) is 0 Å². The van der Waals surface area contributed by atoms with E-state index in [9.17, 15) is 14.9 Å². The summed E-state index contributed by atoms with van der Waals surface area (Å²) in [5.74, 6) is 0.269. The van der Waals surface area contributed by atoms with Crippen LogP contribution in [0.5, 0.6) is 5.75 Å². The van der Waals surface area contributed by atoms with Crippen molar-refractivity contribution in [2.75, 3.05) is 11.9 Å². The van der Waals surface area contributed by atoms with E-state index in [1.807, 2.05) is 33.8 Å². The molecular weight excluding hydrogens is 456 g/mol. The standard InChI is InChI=1S/C29H28N2O5/c1-6-35-28-20(5)29-24(25(16-36-29)21-10-7-17(2)8-11-21)15-23(28)19(4)13-27(32)30-26-14-22(31(33)34)12-9-18(26)3/h7-16H,6H2,1-5H3,(H,30,32)/b19-13+. The van der Waals surface area contributed by atoms with Gasteiger partial charge in [-0.2, -0.15) is 0 Å². The molecule has 4 rings (SSSR count). The smallest absolute Gasteiger partial charge is 0.271 e. The van der Waals surface area contributed by atoms with Gasteiger partial charge in [-0.3, -0.25) is 14.9 Å². The lowest BCUT2D eigenvalue weighted by atomic mass is 9.96. The number of carbonyl (C=O) groups excluding carboxylic acids is 1. The number of non-ortho nitro benzene ring substituents is 1. The van der Waals surface area contributed by atoms with Crippen molar-refractivity contribution in [1.82, 2.24) is 0 Å². The molecule has 0 atom stereocenters. The number of rotatable bonds is 7. The Labute approximate surface area is 209 Å². The second-order valence-electron chi connectivity index (χ2n) is 8.78. The van der Waals surface area contributed by atoms with E-state index in [0.717, 1.165) is 38.8 Å². The third kappa shape index (κ3) is 4.86. The first-order valence-electron chi connectivity index (χ1n) is 11.7. The van der Waals surface area contributed by atoms with Gasteiger partial charge in [0.15, 0.2) is 0 Å². The quantitative estimate of drug-likeness (QED) is 0.168.